The first-order valence-electron chi connectivity index (χ1n) is 5.11. The molecular formula is C11H12N2O2. The van der Waals surface area contributed by atoms with Crippen molar-refractivity contribution in [2.24, 2.45) is 5.73 Å². The second kappa shape index (κ2) is 2.97. The number of rotatable bonds is 1. The highest BCUT2D eigenvalue weighted by molar-refractivity contribution is 5.73. The van der Waals surface area contributed by atoms with E-state index in [0.717, 1.165) is 18.4 Å². The third-order valence-electron chi connectivity index (χ3n) is 3.09. The molecule has 0 aliphatic heterocycles. The third-order valence-corrected chi connectivity index (χ3v) is 3.09. The van der Waals surface area contributed by atoms with Gasteiger partial charge in [-0.15, -0.1) is 0 Å². The molecule has 3 rings (SSSR count). The zero-order chi connectivity index (χ0) is 10.4. The summed E-state index contributed by atoms with van der Waals surface area (Å²) in [5, 5.41) is 0. The van der Waals surface area contributed by atoms with Gasteiger partial charge in [0.1, 0.15) is 0 Å². The summed E-state index contributed by atoms with van der Waals surface area (Å²) in [6.45, 7) is 0. The number of aromatic nitrogens is 1. The van der Waals surface area contributed by atoms with Crippen molar-refractivity contribution < 1.29 is 4.42 Å². The normalized spacial score (nSPS) is 25.4. The summed E-state index contributed by atoms with van der Waals surface area (Å²) < 4.78 is 4.94. The van der Waals surface area contributed by atoms with Gasteiger partial charge in [-0.05, 0) is 36.5 Å². The molecule has 0 radical (unpaired) electrons. The van der Waals surface area contributed by atoms with Crippen molar-refractivity contribution in [1.29, 1.82) is 0 Å². The summed E-state index contributed by atoms with van der Waals surface area (Å²) in [5.74, 6) is 0.148. The van der Waals surface area contributed by atoms with E-state index in [4.69, 9.17) is 10.2 Å². The van der Waals surface area contributed by atoms with Gasteiger partial charge >= 0.3 is 5.76 Å². The number of hydrogen-bond donors (Lipinski definition) is 2. The van der Waals surface area contributed by atoms with Gasteiger partial charge in [-0.3, -0.25) is 4.98 Å². The minimum atomic E-state index is -0.396. The number of nitrogens with one attached hydrogen (secondary N) is 1. The van der Waals surface area contributed by atoms with E-state index >= 15 is 0 Å². The Hall–Kier alpha value is -1.55. The van der Waals surface area contributed by atoms with Crippen LogP contribution in [0.1, 0.15) is 24.3 Å². The molecule has 1 aliphatic rings. The number of benzene rings is 1. The molecule has 0 spiro atoms. The minimum absolute atomic E-state index is 0.342. The van der Waals surface area contributed by atoms with Crippen molar-refractivity contribution >= 4 is 11.1 Å². The van der Waals surface area contributed by atoms with E-state index in [1.807, 2.05) is 18.2 Å². The number of fused-ring (bicyclic) bond motifs is 1. The molecular weight excluding hydrogens is 192 g/mol. The van der Waals surface area contributed by atoms with Crippen molar-refractivity contribution in [2.75, 3.05) is 0 Å². The van der Waals surface area contributed by atoms with Crippen LogP contribution in [0.15, 0.2) is 27.4 Å². The fourth-order valence-corrected chi connectivity index (χ4v) is 2.16. The van der Waals surface area contributed by atoms with Crippen LogP contribution in [0.3, 0.4) is 0 Å². The maximum Gasteiger partial charge on any atom is 0.417 e. The fraction of sp³-hybridized carbons (Fsp3) is 0.364. The van der Waals surface area contributed by atoms with E-state index in [2.05, 4.69) is 4.98 Å². The van der Waals surface area contributed by atoms with Gasteiger partial charge in [-0.2, -0.15) is 0 Å². The van der Waals surface area contributed by atoms with E-state index in [9.17, 15) is 4.79 Å². The molecule has 78 valence electrons. The predicted molar refractivity (Wildman–Crippen MR) is 56.8 cm³/mol. The van der Waals surface area contributed by atoms with Gasteiger partial charge in [0, 0.05) is 6.04 Å². The first-order chi connectivity index (χ1) is 7.22. The molecule has 1 aromatic carbocycles. The number of hydrogen-bond acceptors (Lipinski definition) is 3. The lowest BCUT2D eigenvalue weighted by Gasteiger charge is -2.32. The lowest BCUT2D eigenvalue weighted by molar-refractivity contribution is 0.352. The molecule has 1 heterocycles. The molecule has 3 N–H and O–H groups in total. The highest BCUT2D eigenvalue weighted by Gasteiger charge is 2.27. The van der Waals surface area contributed by atoms with Crippen LogP contribution < -0.4 is 11.5 Å². The summed E-state index contributed by atoms with van der Waals surface area (Å²) in [7, 11) is 0. The molecule has 1 fully saturated rings. The number of oxazole rings is 1. The molecule has 2 aromatic rings. The van der Waals surface area contributed by atoms with E-state index in [1.54, 1.807) is 0 Å². The van der Waals surface area contributed by atoms with Crippen LogP contribution in [-0.4, -0.2) is 11.0 Å². The van der Waals surface area contributed by atoms with Crippen molar-refractivity contribution in [3.8, 4) is 0 Å². The highest BCUT2D eigenvalue weighted by Crippen LogP contribution is 2.36. The number of aromatic amines is 1. The Bertz CT molecular complexity index is 549. The van der Waals surface area contributed by atoms with E-state index in [-0.39, 0.29) is 0 Å². The van der Waals surface area contributed by atoms with Gasteiger partial charge in [0.2, 0.25) is 0 Å². The summed E-state index contributed by atoms with van der Waals surface area (Å²) in [4.78, 5) is 13.6. The number of H-pyrrole nitrogens is 1. The molecule has 4 heteroatoms. The summed E-state index contributed by atoms with van der Waals surface area (Å²) in [5.41, 5.74) is 8.38. The molecule has 0 unspecified atom stereocenters. The smallest absolute Gasteiger partial charge is 0.408 e. The summed E-state index contributed by atoms with van der Waals surface area (Å²) in [6, 6.07) is 6.17. The Labute approximate surface area is 86.1 Å². The Morgan fingerprint density at radius 3 is 2.93 bits per heavy atom. The summed E-state index contributed by atoms with van der Waals surface area (Å²) in [6.07, 6.45) is 2.07. The van der Waals surface area contributed by atoms with E-state index in [0.29, 0.717) is 17.5 Å². The van der Waals surface area contributed by atoms with Crippen molar-refractivity contribution in [2.45, 2.75) is 24.8 Å². The SMILES string of the molecule is NC1CC(c2ccc3oc(=O)[nH]c3c2)C1. The Kier molecular flexibility index (Phi) is 1.73. The molecule has 1 aromatic heterocycles. The molecule has 15 heavy (non-hydrogen) atoms. The van der Waals surface area contributed by atoms with Gasteiger partial charge in [-0.1, -0.05) is 6.07 Å². The van der Waals surface area contributed by atoms with Crippen molar-refractivity contribution in [1.82, 2.24) is 4.98 Å². The van der Waals surface area contributed by atoms with Crippen molar-refractivity contribution in [3.63, 3.8) is 0 Å². The van der Waals surface area contributed by atoms with E-state index in [1.165, 1.54) is 5.56 Å². The fourth-order valence-electron chi connectivity index (χ4n) is 2.16. The van der Waals surface area contributed by atoms with Gasteiger partial charge < -0.3 is 10.2 Å². The van der Waals surface area contributed by atoms with Crippen LogP contribution in [0.25, 0.3) is 11.1 Å². The molecule has 1 aliphatic carbocycles. The van der Waals surface area contributed by atoms with Crippen LogP contribution in [0.5, 0.6) is 0 Å². The standard InChI is InChI=1S/C11H12N2O2/c12-8-3-7(4-8)6-1-2-10-9(5-6)13-11(14)15-10/h1-2,5,7-8H,3-4,12H2,(H,13,14). The number of nitrogens with two attached hydrogens (primary N) is 1. The van der Waals surface area contributed by atoms with Gasteiger partial charge in [0.25, 0.3) is 0 Å². The lowest BCUT2D eigenvalue weighted by Crippen LogP contribution is -2.34. The Morgan fingerprint density at radius 1 is 1.40 bits per heavy atom. The average molecular weight is 204 g/mol. The second-order valence-electron chi connectivity index (χ2n) is 4.20. The molecule has 0 amide bonds. The minimum Gasteiger partial charge on any atom is -0.408 e. The van der Waals surface area contributed by atoms with Crippen molar-refractivity contribution in [3.05, 3.63) is 34.3 Å². The molecule has 4 nitrogen and oxygen atoms in total. The first-order valence-corrected chi connectivity index (χ1v) is 5.11. The Morgan fingerprint density at radius 2 is 2.20 bits per heavy atom. The third kappa shape index (κ3) is 1.37. The van der Waals surface area contributed by atoms with Gasteiger partial charge in [0.15, 0.2) is 5.58 Å². The van der Waals surface area contributed by atoms with E-state index < -0.39 is 5.76 Å². The molecule has 0 atom stereocenters. The maximum atomic E-state index is 11.0. The average Bonchev–Trinajstić information content (AvgIpc) is 2.52. The van der Waals surface area contributed by atoms with Crippen LogP contribution in [-0.2, 0) is 0 Å². The molecule has 1 saturated carbocycles. The molecule has 0 bridgehead atoms. The largest absolute Gasteiger partial charge is 0.417 e. The van der Waals surface area contributed by atoms with Crippen LogP contribution in [0, 0.1) is 0 Å². The van der Waals surface area contributed by atoms with Crippen LogP contribution in [0.2, 0.25) is 0 Å². The topological polar surface area (TPSA) is 72.0 Å². The zero-order valence-electron chi connectivity index (χ0n) is 8.19. The quantitative estimate of drug-likeness (QED) is 0.736. The predicted octanol–water partition coefficient (Wildman–Crippen LogP) is 1.33. The van der Waals surface area contributed by atoms with Gasteiger partial charge in [-0.25, -0.2) is 4.79 Å². The van der Waals surface area contributed by atoms with Gasteiger partial charge in [0.05, 0.1) is 5.52 Å². The highest BCUT2D eigenvalue weighted by atomic mass is 16.4. The maximum absolute atomic E-state index is 11.0. The first kappa shape index (κ1) is 8.73. The Balaban J connectivity index is 2.02. The monoisotopic (exact) mass is 204 g/mol. The second-order valence-corrected chi connectivity index (χ2v) is 4.20. The zero-order valence-corrected chi connectivity index (χ0v) is 8.19. The molecule has 0 saturated heterocycles. The van der Waals surface area contributed by atoms with Crippen LogP contribution in [0.4, 0.5) is 0 Å². The summed E-state index contributed by atoms with van der Waals surface area (Å²) >= 11 is 0. The lowest BCUT2D eigenvalue weighted by atomic mass is 9.76. The van der Waals surface area contributed by atoms with Crippen LogP contribution >= 0.6 is 0 Å².